The zero-order valence-electron chi connectivity index (χ0n) is 16.7. The van der Waals surface area contributed by atoms with Crippen LogP contribution in [0.1, 0.15) is 18.4 Å². The summed E-state index contributed by atoms with van der Waals surface area (Å²) in [4.78, 5) is 29.1. The van der Waals surface area contributed by atoms with Crippen molar-refractivity contribution in [3.05, 3.63) is 60.2 Å². The number of aliphatic imine (C=N–C) groups is 1. The highest BCUT2D eigenvalue weighted by Crippen LogP contribution is 2.22. The van der Waals surface area contributed by atoms with Gasteiger partial charge in [0.25, 0.3) is 15.9 Å². The van der Waals surface area contributed by atoms with Crippen LogP contribution >= 0.6 is 11.8 Å². The lowest BCUT2D eigenvalue weighted by Crippen LogP contribution is -2.30. The number of fused-ring (bicyclic) bond motifs is 1. The molecule has 0 bridgehead atoms. The van der Waals surface area contributed by atoms with Crippen molar-refractivity contribution in [2.75, 3.05) is 25.4 Å². The van der Waals surface area contributed by atoms with Crippen LogP contribution in [0.25, 0.3) is 0 Å². The van der Waals surface area contributed by atoms with Gasteiger partial charge in [-0.05, 0) is 36.4 Å². The molecule has 1 heterocycles. The first-order chi connectivity index (χ1) is 15.0. The van der Waals surface area contributed by atoms with Crippen LogP contribution in [0.5, 0.6) is 0 Å². The summed E-state index contributed by atoms with van der Waals surface area (Å²) < 4.78 is 31.3. The van der Waals surface area contributed by atoms with Gasteiger partial charge in [0.05, 0.1) is 17.9 Å². The normalized spacial score (nSPS) is 15.2. The number of benzene rings is 2. The lowest BCUT2D eigenvalue weighted by Gasteiger charge is -2.06. The van der Waals surface area contributed by atoms with E-state index in [2.05, 4.69) is 15.0 Å². The Balaban J connectivity index is 1.31. The molecule has 0 saturated carbocycles. The lowest BCUT2D eigenvalue weighted by molar-refractivity contribution is -0.148. The van der Waals surface area contributed by atoms with Crippen molar-refractivity contribution < 1.29 is 22.7 Å². The quantitative estimate of drug-likeness (QED) is 0.318. The number of esters is 1. The van der Waals surface area contributed by atoms with E-state index in [9.17, 15) is 18.0 Å². The second-order valence-electron chi connectivity index (χ2n) is 6.61. The Hall–Kier alpha value is -2.85. The average molecular weight is 462 g/mol. The van der Waals surface area contributed by atoms with Crippen LogP contribution in [0.15, 0.2) is 69.4 Å². The van der Waals surface area contributed by atoms with Gasteiger partial charge < -0.3 is 10.1 Å². The highest BCUT2D eigenvalue weighted by molar-refractivity contribution is 7.99. The van der Waals surface area contributed by atoms with Crippen molar-refractivity contribution in [1.29, 1.82) is 0 Å². The van der Waals surface area contributed by atoms with Crippen LogP contribution < -0.4 is 10.0 Å². The molecule has 0 atom stereocenters. The minimum Gasteiger partial charge on any atom is -0.456 e. The fourth-order valence-corrected chi connectivity index (χ4v) is 4.91. The molecular weight excluding hydrogens is 438 g/mol. The summed E-state index contributed by atoms with van der Waals surface area (Å²) in [7, 11) is -3.61. The smallest absolute Gasteiger partial charge is 0.308 e. The van der Waals surface area contributed by atoms with E-state index in [1.54, 1.807) is 30.0 Å². The van der Waals surface area contributed by atoms with Crippen LogP contribution in [0.3, 0.4) is 0 Å². The molecule has 0 fully saturated rings. The minimum absolute atomic E-state index is 0.0450. The van der Waals surface area contributed by atoms with Crippen LogP contribution in [-0.2, 0) is 24.3 Å². The number of amides is 1. The average Bonchev–Trinajstić information content (AvgIpc) is 3.03. The van der Waals surface area contributed by atoms with Crippen LogP contribution in [0, 0.1) is 0 Å². The summed E-state index contributed by atoms with van der Waals surface area (Å²) in [5, 5.41) is 2.71. The molecule has 2 aromatic carbocycles. The molecule has 8 nitrogen and oxygen atoms in total. The third kappa shape index (κ3) is 6.83. The van der Waals surface area contributed by atoms with Gasteiger partial charge in [-0.2, -0.15) is 0 Å². The van der Waals surface area contributed by atoms with Crippen molar-refractivity contribution in [3.8, 4) is 0 Å². The molecule has 0 aromatic heterocycles. The van der Waals surface area contributed by atoms with Gasteiger partial charge in [0.15, 0.2) is 6.61 Å². The number of sulfonamides is 1. The number of thioether (sulfide) groups is 1. The fraction of sp³-hybridized carbons (Fsp3) is 0.286. The molecule has 164 valence electrons. The summed E-state index contributed by atoms with van der Waals surface area (Å²) in [6.45, 7) is 0.198. The Morgan fingerprint density at radius 2 is 1.81 bits per heavy atom. The Morgan fingerprint density at radius 1 is 1.06 bits per heavy atom. The van der Waals surface area contributed by atoms with E-state index in [1.807, 2.05) is 30.3 Å². The van der Waals surface area contributed by atoms with E-state index >= 15 is 0 Å². The van der Waals surface area contributed by atoms with Gasteiger partial charge in [-0.15, -0.1) is 11.8 Å². The van der Waals surface area contributed by atoms with E-state index in [-0.39, 0.29) is 36.2 Å². The number of hydrogen-bond acceptors (Lipinski definition) is 7. The van der Waals surface area contributed by atoms with Gasteiger partial charge in [-0.25, -0.2) is 8.42 Å². The predicted molar refractivity (Wildman–Crippen MR) is 119 cm³/mol. The zero-order valence-corrected chi connectivity index (χ0v) is 18.4. The molecule has 2 aromatic rings. The number of rotatable bonds is 10. The Morgan fingerprint density at radius 3 is 2.61 bits per heavy atom. The molecule has 0 aliphatic carbocycles. The molecule has 0 spiro atoms. The van der Waals surface area contributed by atoms with Gasteiger partial charge in [-0.1, -0.05) is 30.3 Å². The highest BCUT2D eigenvalue weighted by atomic mass is 32.2. The molecule has 1 aliphatic rings. The molecule has 3 rings (SSSR count). The SMILES string of the molecule is O=C(COC(=O)CCN=C1NS(=O)(=O)c2ccccc21)NCCCSc1ccccc1. The maximum atomic E-state index is 12.0. The molecule has 31 heavy (non-hydrogen) atoms. The number of hydrogen-bond donors (Lipinski definition) is 2. The van der Waals surface area contributed by atoms with Crippen LogP contribution in [-0.4, -0.2) is 51.6 Å². The molecule has 1 amide bonds. The largest absolute Gasteiger partial charge is 0.456 e. The number of nitrogens with one attached hydrogen (secondary N) is 2. The zero-order chi connectivity index (χ0) is 22.1. The van der Waals surface area contributed by atoms with Gasteiger partial charge in [0.2, 0.25) is 0 Å². The number of carbonyl (C=O) groups excluding carboxylic acids is 2. The number of amidine groups is 1. The first kappa shape index (κ1) is 22.8. The third-order valence-corrected chi connectivity index (χ3v) is 6.76. The van der Waals surface area contributed by atoms with Crippen molar-refractivity contribution in [1.82, 2.24) is 10.0 Å². The Bertz CT molecular complexity index is 1060. The highest BCUT2D eigenvalue weighted by Gasteiger charge is 2.29. The molecular formula is C21H23N3O5S2. The molecule has 10 heteroatoms. The molecule has 0 unspecified atom stereocenters. The van der Waals surface area contributed by atoms with Crippen molar-refractivity contribution in [2.45, 2.75) is 22.6 Å². The maximum Gasteiger partial charge on any atom is 0.308 e. The summed E-state index contributed by atoms with van der Waals surface area (Å²) in [5.41, 5.74) is 0.473. The van der Waals surface area contributed by atoms with Crippen molar-refractivity contribution >= 4 is 39.5 Å². The number of carbonyl (C=O) groups is 2. The summed E-state index contributed by atoms with van der Waals surface area (Å²) in [5.74, 6) is 0.141. The maximum absolute atomic E-state index is 12.0. The van der Waals surface area contributed by atoms with E-state index in [0.717, 1.165) is 12.2 Å². The standard InChI is InChI=1S/C21H23N3O5S2/c25-19(22-12-6-14-30-16-7-2-1-3-8-16)15-29-20(26)11-13-23-21-17-9-4-5-10-18(17)31(27,28)24-21/h1-5,7-10H,6,11-15H2,(H,22,25)(H,23,24). The second-order valence-corrected chi connectivity index (χ2v) is 9.43. The van der Waals surface area contributed by atoms with Gasteiger partial charge >= 0.3 is 5.97 Å². The minimum atomic E-state index is -3.61. The second kappa shape index (κ2) is 11.0. The van der Waals surface area contributed by atoms with E-state index in [1.165, 1.54) is 11.0 Å². The third-order valence-electron chi connectivity index (χ3n) is 4.27. The van der Waals surface area contributed by atoms with Crippen molar-refractivity contribution in [3.63, 3.8) is 0 Å². The summed E-state index contributed by atoms with van der Waals surface area (Å²) >= 11 is 1.71. The van der Waals surface area contributed by atoms with E-state index < -0.39 is 16.0 Å². The fourth-order valence-electron chi connectivity index (χ4n) is 2.79. The van der Waals surface area contributed by atoms with Gasteiger partial charge in [0.1, 0.15) is 5.84 Å². The number of ether oxygens (including phenoxy) is 1. The topological polar surface area (TPSA) is 114 Å². The summed E-state index contributed by atoms with van der Waals surface area (Å²) in [6, 6.07) is 16.5. The molecule has 2 N–H and O–H groups in total. The van der Waals surface area contributed by atoms with Crippen molar-refractivity contribution in [2.24, 2.45) is 4.99 Å². The Labute approximate surface area is 185 Å². The van der Waals surface area contributed by atoms with Gasteiger partial charge in [-0.3, -0.25) is 19.3 Å². The number of nitrogens with zero attached hydrogens (tertiary/aromatic N) is 1. The first-order valence-corrected chi connectivity index (χ1v) is 12.2. The lowest BCUT2D eigenvalue weighted by atomic mass is 10.2. The van der Waals surface area contributed by atoms with Gasteiger partial charge in [0, 0.05) is 17.0 Å². The Kier molecular flexibility index (Phi) is 8.07. The van der Waals surface area contributed by atoms with E-state index in [0.29, 0.717) is 12.1 Å². The molecule has 0 radical (unpaired) electrons. The van der Waals surface area contributed by atoms with E-state index in [4.69, 9.17) is 4.74 Å². The summed E-state index contributed by atoms with van der Waals surface area (Å²) in [6.07, 6.45) is 0.739. The monoisotopic (exact) mass is 461 g/mol. The molecule has 1 aliphatic heterocycles. The van der Waals surface area contributed by atoms with Crippen LogP contribution in [0.2, 0.25) is 0 Å². The molecule has 0 saturated heterocycles. The first-order valence-electron chi connectivity index (χ1n) is 9.72. The van der Waals surface area contributed by atoms with Crippen LogP contribution in [0.4, 0.5) is 0 Å². The predicted octanol–water partition coefficient (Wildman–Crippen LogP) is 1.96.